The zero-order valence-electron chi connectivity index (χ0n) is 10.8. The Morgan fingerprint density at radius 3 is 2.62 bits per heavy atom. The highest BCUT2D eigenvalue weighted by atomic mass is 19.2. The molecule has 2 aromatic carbocycles. The first-order valence-electron chi connectivity index (χ1n) is 6.25. The summed E-state index contributed by atoms with van der Waals surface area (Å²) in [5.74, 6) is -2.40. The third kappa shape index (κ3) is 2.72. The number of hydrogen-bond donors (Lipinski definition) is 1. The summed E-state index contributed by atoms with van der Waals surface area (Å²) in [4.78, 5) is 16.3. The fourth-order valence-corrected chi connectivity index (χ4v) is 1.97. The molecule has 21 heavy (non-hydrogen) atoms. The van der Waals surface area contributed by atoms with Crippen molar-refractivity contribution in [2.45, 2.75) is 0 Å². The molecule has 0 fully saturated rings. The van der Waals surface area contributed by atoms with E-state index in [9.17, 15) is 13.6 Å². The SMILES string of the molecule is O=C(Nc1ccc(F)c(F)c1)c1cnc2ccccc2c1. The van der Waals surface area contributed by atoms with E-state index in [2.05, 4.69) is 10.3 Å². The largest absolute Gasteiger partial charge is 0.322 e. The molecule has 1 N–H and O–H groups in total. The Balaban J connectivity index is 1.87. The predicted octanol–water partition coefficient (Wildman–Crippen LogP) is 3.77. The molecule has 0 unspecified atom stereocenters. The van der Waals surface area contributed by atoms with Gasteiger partial charge in [-0.3, -0.25) is 9.78 Å². The van der Waals surface area contributed by atoms with Crippen LogP contribution < -0.4 is 5.32 Å². The minimum Gasteiger partial charge on any atom is -0.322 e. The lowest BCUT2D eigenvalue weighted by atomic mass is 10.1. The minimum absolute atomic E-state index is 0.187. The van der Waals surface area contributed by atoms with Crippen molar-refractivity contribution >= 4 is 22.5 Å². The topological polar surface area (TPSA) is 42.0 Å². The highest BCUT2D eigenvalue weighted by Crippen LogP contribution is 2.16. The molecule has 5 heteroatoms. The van der Waals surface area contributed by atoms with Crippen LogP contribution in [0.5, 0.6) is 0 Å². The van der Waals surface area contributed by atoms with Gasteiger partial charge < -0.3 is 5.32 Å². The summed E-state index contributed by atoms with van der Waals surface area (Å²) < 4.78 is 25.9. The lowest BCUT2D eigenvalue weighted by Gasteiger charge is -2.06. The molecule has 0 aliphatic carbocycles. The van der Waals surface area contributed by atoms with Crippen LogP contribution in [0.1, 0.15) is 10.4 Å². The predicted molar refractivity (Wildman–Crippen MR) is 76.1 cm³/mol. The van der Waals surface area contributed by atoms with Crippen molar-refractivity contribution in [1.29, 1.82) is 0 Å². The molecule has 0 saturated carbocycles. The van der Waals surface area contributed by atoms with Crippen molar-refractivity contribution in [3.8, 4) is 0 Å². The van der Waals surface area contributed by atoms with E-state index >= 15 is 0 Å². The molecule has 0 radical (unpaired) electrons. The number of aromatic nitrogens is 1. The summed E-state index contributed by atoms with van der Waals surface area (Å²) in [6.07, 6.45) is 1.44. The Labute approximate surface area is 119 Å². The molecule has 1 aromatic heterocycles. The number of nitrogens with zero attached hydrogens (tertiary/aromatic N) is 1. The third-order valence-electron chi connectivity index (χ3n) is 3.03. The molecule has 0 bridgehead atoms. The lowest BCUT2D eigenvalue weighted by molar-refractivity contribution is 0.102. The molecule has 1 heterocycles. The second-order valence-electron chi connectivity index (χ2n) is 4.50. The average Bonchev–Trinajstić information content (AvgIpc) is 2.50. The van der Waals surface area contributed by atoms with Gasteiger partial charge in [-0.25, -0.2) is 8.78 Å². The summed E-state index contributed by atoms with van der Waals surface area (Å²) in [7, 11) is 0. The maximum Gasteiger partial charge on any atom is 0.257 e. The Hall–Kier alpha value is -2.82. The van der Waals surface area contributed by atoms with Crippen LogP contribution in [0.15, 0.2) is 54.7 Å². The Morgan fingerprint density at radius 2 is 1.81 bits per heavy atom. The van der Waals surface area contributed by atoms with Gasteiger partial charge in [0, 0.05) is 23.3 Å². The van der Waals surface area contributed by atoms with E-state index in [1.54, 1.807) is 6.07 Å². The molecule has 0 spiro atoms. The molecule has 3 rings (SSSR count). The zero-order chi connectivity index (χ0) is 14.8. The van der Waals surface area contributed by atoms with Crippen molar-refractivity contribution < 1.29 is 13.6 Å². The number of para-hydroxylation sites is 1. The number of nitrogens with one attached hydrogen (secondary N) is 1. The van der Waals surface area contributed by atoms with Gasteiger partial charge >= 0.3 is 0 Å². The molecule has 3 aromatic rings. The second kappa shape index (κ2) is 5.28. The number of benzene rings is 2. The normalized spacial score (nSPS) is 10.6. The number of hydrogen-bond acceptors (Lipinski definition) is 2. The maximum atomic E-state index is 13.1. The van der Waals surface area contributed by atoms with Crippen molar-refractivity contribution in [1.82, 2.24) is 4.98 Å². The van der Waals surface area contributed by atoms with E-state index in [0.717, 1.165) is 23.0 Å². The van der Waals surface area contributed by atoms with E-state index in [0.29, 0.717) is 5.56 Å². The number of carbonyl (C=O) groups excluding carboxylic acids is 1. The number of fused-ring (bicyclic) bond motifs is 1. The van der Waals surface area contributed by atoms with E-state index in [1.165, 1.54) is 12.3 Å². The van der Waals surface area contributed by atoms with Gasteiger partial charge in [-0.1, -0.05) is 18.2 Å². The number of pyridine rings is 1. The van der Waals surface area contributed by atoms with Crippen molar-refractivity contribution in [2.24, 2.45) is 0 Å². The number of anilines is 1. The van der Waals surface area contributed by atoms with E-state index < -0.39 is 17.5 Å². The monoisotopic (exact) mass is 284 g/mol. The van der Waals surface area contributed by atoms with Crippen molar-refractivity contribution in [2.75, 3.05) is 5.32 Å². The zero-order valence-corrected chi connectivity index (χ0v) is 10.8. The lowest BCUT2D eigenvalue weighted by Crippen LogP contribution is -2.12. The standard InChI is InChI=1S/C16H10F2N2O/c17-13-6-5-12(8-14(13)18)20-16(21)11-7-10-3-1-2-4-15(10)19-9-11/h1-9H,(H,20,21). The highest BCUT2D eigenvalue weighted by Gasteiger charge is 2.09. The van der Waals surface area contributed by atoms with Crippen LogP contribution in [-0.4, -0.2) is 10.9 Å². The van der Waals surface area contributed by atoms with Crippen LogP contribution in [0.3, 0.4) is 0 Å². The summed E-state index contributed by atoms with van der Waals surface area (Å²) in [6, 6.07) is 12.3. The molecular weight excluding hydrogens is 274 g/mol. The van der Waals surface area contributed by atoms with Crippen LogP contribution in [0.4, 0.5) is 14.5 Å². The van der Waals surface area contributed by atoms with Gasteiger partial charge in [-0.2, -0.15) is 0 Å². The molecule has 1 amide bonds. The molecule has 0 aliphatic heterocycles. The second-order valence-corrected chi connectivity index (χ2v) is 4.50. The Kier molecular flexibility index (Phi) is 3.31. The summed E-state index contributed by atoms with van der Waals surface area (Å²) in [5.41, 5.74) is 1.31. The van der Waals surface area contributed by atoms with Gasteiger partial charge in [-0.15, -0.1) is 0 Å². The Bertz CT molecular complexity index is 833. The number of rotatable bonds is 2. The van der Waals surface area contributed by atoms with E-state index in [4.69, 9.17) is 0 Å². The first kappa shape index (κ1) is 13.2. The van der Waals surface area contributed by atoms with E-state index in [1.807, 2.05) is 24.3 Å². The van der Waals surface area contributed by atoms with Crippen molar-refractivity contribution in [3.05, 3.63) is 71.9 Å². The Morgan fingerprint density at radius 1 is 1.00 bits per heavy atom. The third-order valence-corrected chi connectivity index (χ3v) is 3.03. The van der Waals surface area contributed by atoms with Gasteiger partial charge in [-0.05, 0) is 24.3 Å². The quantitative estimate of drug-likeness (QED) is 0.778. The van der Waals surface area contributed by atoms with Crippen LogP contribution in [0.2, 0.25) is 0 Å². The highest BCUT2D eigenvalue weighted by molar-refractivity contribution is 6.05. The fourth-order valence-electron chi connectivity index (χ4n) is 1.97. The summed E-state index contributed by atoms with van der Waals surface area (Å²) >= 11 is 0. The molecule has 0 saturated heterocycles. The first-order valence-corrected chi connectivity index (χ1v) is 6.25. The molecule has 104 valence electrons. The minimum atomic E-state index is -1.01. The maximum absolute atomic E-state index is 13.1. The van der Waals surface area contributed by atoms with Crippen LogP contribution in [-0.2, 0) is 0 Å². The summed E-state index contributed by atoms with van der Waals surface area (Å²) in [5, 5.41) is 3.33. The molecular formula is C16H10F2N2O. The van der Waals surface area contributed by atoms with Gasteiger partial charge in [0.15, 0.2) is 11.6 Å². The van der Waals surface area contributed by atoms with Gasteiger partial charge in [0.05, 0.1) is 11.1 Å². The molecule has 0 atom stereocenters. The van der Waals surface area contributed by atoms with E-state index in [-0.39, 0.29) is 5.69 Å². The number of carbonyl (C=O) groups is 1. The van der Waals surface area contributed by atoms with Crippen molar-refractivity contribution in [3.63, 3.8) is 0 Å². The first-order chi connectivity index (χ1) is 10.1. The average molecular weight is 284 g/mol. The van der Waals surface area contributed by atoms with Crippen LogP contribution >= 0.6 is 0 Å². The smallest absolute Gasteiger partial charge is 0.257 e. The number of amides is 1. The summed E-state index contributed by atoms with van der Waals surface area (Å²) in [6.45, 7) is 0. The molecule has 0 aliphatic rings. The van der Waals surface area contributed by atoms with Gasteiger partial charge in [0.25, 0.3) is 5.91 Å². The van der Waals surface area contributed by atoms with Gasteiger partial charge in [0.1, 0.15) is 0 Å². The van der Waals surface area contributed by atoms with Crippen LogP contribution in [0.25, 0.3) is 10.9 Å². The van der Waals surface area contributed by atoms with Gasteiger partial charge in [0.2, 0.25) is 0 Å². The van der Waals surface area contributed by atoms with Crippen LogP contribution in [0, 0.1) is 11.6 Å². The molecule has 3 nitrogen and oxygen atoms in total. The fraction of sp³-hybridized carbons (Fsp3) is 0. The number of halogens is 2.